The van der Waals surface area contributed by atoms with Crippen LogP contribution >= 0.6 is 11.8 Å². The van der Waals surface area contributed by atoms with E-state index in [2.05, 4.69) is 10.3 Å². The van der Waals surface area contributed by atoms with Gasteiger partial charge in [0.05, 0.1) is 23.0 Å². The molecule has 0 radical (unpaired) electrons. The minimum atomic E-state index is -0.479. The van der Waals surface area contributed by atoms with Gasteiger partial charge in [-0.15, -0.1) is 11.8 Å². The van der Waals surface area contributed by atoms with E-state index >= 15 is 0 Å². The lowest BCUT2D eigenvalue weighted by Crippen LogP contribution is -2.37. The van der Waals surface area contributed by atoms with Crippen LogP contribution in [0.1, 0.15) is 0 Å². The second-order valence-corrected chi connectivity index (χ2v) is 6.64. The SMILES string of the molecule is Cn1c(=O)c2cc(NC(=O)CSc3ccc(F)cc3)cnc2n(C)c1=O. The molecule has 2 heterocycles. The first-order chi connectivity index (χ1) is 12.4. The molecule has 1 amide bonds. The zero-order chi connectivity index (χ0) is 18.8. The molecule has 0 aliphatic carbocycles. The van der Waals surface area contributed by atoms with Crippen molar-refractivity contribution >= 4 is 34.4 Å². The molecule has 0 bridgehead atoms. The van der Waals surface area contributed by atoms with Gasteiger partial charge in [0, 0.05) is 19.0 Å². The van der Waals surface area contributed by atoms with E-state index in [4.69, 9.17) is 0 Å². The Morgan fingerprint density at radius 1 is 1.19 bits per heavy atom. The number of hydrogen-bond acceptors (Lipinski definition) is 5. The molecular formula is C17H15FN4O3S. The van der Waals surface area contributed by atoms with Crippen LogP contribution < -0.4 is 16.6 Å². The Morgan fingerprint density at radius 3 is 2.58 bits per heavy atom. The third-order valence-corrected chi connectivity index (χ3v) is 4.77. The predicted molar refractivity (Wildman–Crippen MR) is 98.0 cm³/mol. The van der Waals surface area contributed by atoms with E-state index in [1.165, 1.54) is 54.8 Å². The smallest absolute Gasteiger partial charge is 0.324 e. The normalized spacial score (nSPS) is 10.9. The number of anilines is 1. The van der Waals surface area contributed by atoms with Gasteiger partial charge in [-0.3, -0.25) is 18.7 Å². The van der Waals surface area contributed by atoms with Crippen molar-refractivity contribution in [3.63, 3.8) is 0 Å². The highest BCUT2D eigenvalue weighted by Gasteiger charge is 2.11. The summed E-state index contributed by atoms with van der Waals surface area (Å²) in [5.41, 5.74) is -0.343. The lowest BCUT2D eigenvalue weighted by molar-refractivity contribution is -0.113. The summed E-state index contributed by atoms with van der Waals surface area (Å²) in [5.74, 6) is -0.506. The fraction of sp³-hybridized carbons (Fsp3) is 0.176. The van der Waals surface area contributed by atoms with Crippen LogP contribution in [0.4, 0.5) is 10.1 Å². The Hall–Kier alpha value is -2.94. The average Bonchev–Trinajstić information content (AvgIpc) is 2.64. The van der Waals surface area contributed by atoms with Crippen molar-refractivity contribution in [3.05, 3.63) is 63.2 Å². The molecule has 9 heteroatoms. The molecule has 3 rings (SSSR count). The molecule has 26 heavy (non-hydrogen) atoms. The molecule has 0 saturated carbocycles. The number of benzene rings is 1. The summed E-state index contributed by atoms with van der Waals surface area (Å²) >= 11 is 1.26. The maximum atomic E-state index is 12.9. The molecule has 2 aromatic heterocycles. The lowest BCUT2D eigenvalue weighted by Gasteiger charge is -2.09. The number of nitrogens with one attached hydrogen (secondary N) is 1. The quantitative estimate of drug-likeness (QED) is 0.700. The van der Waals surface area contributed by atoms with Crippen molar-refractivity contribution in [2.24, 2.45) is 14.1 Å². The fourth-order valence-corrected chi connectivity index (χ4v) is 3.11. The molecule has 0 spiro atoms. The summed E-state index contributed by atoms with van der Waals surface area (Å²) in [6.45, 7) is 0. The van der Waals surface area contributed by atoms with Crippen molar-refractivity contribution in [1.82, 2.24) is 14.1 Å². The molecule has 0 fully saturated rings. The highest BCUT2D eigenvalue weighted by molar-refractivity contribution is 8.00. The Bertz CT molecular complexity index is 1110. The van der Waals surface area contributed by atoms with Crippen molar-refractivity contribution < 1.29 is 9.18 Å². The van der Waals surface area contributed by atoms with E-state index in [-0.39, 0.29) is 28.5 Å². The van der Waals surface area contributed by atoms with Crippen molar-refractivity contribution in [2.45, 2.75) is 4.90 Å². The molecular weight excluding hydrogens is 359 g/mol. The Labute approximate surface area is 151 Å². The standard InChI is InChI=1S/C17H15FN4O3S/c1-21-15-13(16(24)22(2)17(21)25)7-11(8-19-15)20-14(23)9-26-12-5-3-10(18)4-6-12/h3-8H,9H2,1-2H3,(H,20,23). The van der Waals surface area contributed by atoms with Crippen LogP contribution in [0.15, 0.2) is 51.0 Å². The van der Waals surface area contributed by atoms with E-state index < -0.39 is 11.2 Å². The number of aromatic nitrogens is 3. The van der Waals surface area contributed by atoms with Crippen molar-refractivity contribution in [3.8, 4) is 0 Å². The van der Waals surface area contributed by atoms with Gasteiger partial charge in [0.1, 0.15) is 11.5 Å². The van der Waals surface area contributed by atoms with Crippen LogP contribution in [0, 0.1) is 5.82 Å². The number of rotatable bonds is 4. The summed E-state index contributed by atoms with van der Waals surface area (Å²) in [4.78, 5) is 41.1. The third kappa shape index (κ3) is 3.52. The first kappa shape index (κ1) is 17.9. The minimum absolute atomic E-state index is 0.120. The number of amides is 1. The first-order valence-corrected chi connectivity index (χ1v) is 8.59. The van der Waals surface area contributed by atoms with Crippen LogP contribution in [-0.2, 0) is 18.9 Å². The van der Waals surface area contributed by atoms with Gasteiger partial charge in [0.25, 0.3) is 5.56 Å². The molecule has 7 nitrogen and oxygen atoms in total. The molecule has 3 aromatic rings. The van der Waals surface area contributed by atoms with Gasteiger partial charge < -0.3 is 5.32 Å². The van der Waals surface area contributed by atoms with Crippen LogP contribution in [0.25, 0.3) is 11.0 Å². The molecule has 0 atom stereocenters. The second-order valence-electron chi connectivity index (χ2n) is 5.59. The number of fused-ring (bicyclic) bond motifs is 1. The molecule has 0 aliphatic heterocycles. The van der Waals surface area contributed by atoms with Gasteiger partial charge in [-0.05, 0) is 30.3 Å². The number of carbonyl (C=O) groups excluding carboxylic acids is 1. The zero-order valence-electron chi connectivity index (χ0n) is 14.0. The molecule has 0 saturated heterocycles. The second kappa shape index (κ2) is 7.12. The number of halogens is 1. The Kier molecular flexibility index (Phi) is 4.90. The van der Waals surface area contributed by atoms with E-state index in [1.807, 2.05) is 0 Å². The fourth-order valence-electron chi connectivity index (χ4n) is 2.41. The van der Waals surface area contributed by atoms with Gasteiger partial charge in [-0.2, -0.15) is 0 Å². The van der Waals surface area contributed by atoms with Crippen LogP contribution in [0.3, 0.4) is 0 Å². The van der Waals surface area contributed by atoms with E-state index in [9.17, 15) is 18.8 Å². The average molecular weight is 374 g/mol. The molecule has 1 aromatic carbocycles. The molecule has 0 aliphatic rings. The Balaban J connectivity index is 1.78. The molecule has 1 N–H and O–H groups in total. The maximum absolute atomic E-state index is 12.9. The van der Waals surface area contributed by atoms with E-state index in [1.54, 1.807) is 12.1 Å². The largest absolute Gasteiger partial charge is 0.332 e. The maximum Gasteiger partial charge on any atom is 0.332 e. The highest BCUT2D eigenvalue weighted by Crippen LogP contribution is 2.19. The van der Waals surface area contributed by atoms with Gasteiger partial charge in [-0.25, -0.2) is 14.2 Å². The number of thioether (sulfide) groups is 1. The Morgan fingerprint density at radius 2 is 1.88 bits per heavy atom. The molecule has 134 valence electrons. The topological polar surface area (TPSA) is 86.0 Å². The van der Waals surface area contributed by atoms with Gasteiger partial charge >= 0.3 is 5.69 Å². The van der Waals surface area contributed by atoms with E-state index in [0.717, 1.165) is 9.46 Å². The molecule has 0 unspecified atom stereocenters. The minimum Gasteiger partial charge on any atom is -0.324 e. The number of nitrogens with zero attached hydrogens (tertiary/aromatic N) is 3. The summed E-state index contributed by atoms with van der Waals surface area (Å²) < 4.78 is 15.1. The van der Waals surface area contributed by atoms with Gasteiger partial charge in [0.2, 0.25) is 5.91 Å². The third-order valence-electron chi connectivity index (χ3n) is 3.76. The highest BCUT2D eigenvalue weighted by atomic mass is 32.2. The van der Waals surface area contributed by atoms with Crippen LogP contribution in [-0.4, -0.2) is 25.8 Å². The lowest BCUT2D eigenvalue weighted by atomic mass is 10.3. The first-order valence-electron chi connectivity index (χ1n) is 7.61. The van der Waals surface area contributed by atoms with Crippen molar-refractivity contribution in [2.75, 3.05) is 11.1 Å². The van der Waals surface area contributed by atoms with Crippen LogP contribution in [0.2, 0.25) is 0 Å². The number of pyridine rings is 1. The monoisotopic (exact) mass is 374 g/mol. The number of hydrogen-bond donors (Lipinski definition) is 1. The summed E-state index contributed by atoms with van der Waals surface area (Å²) in [7, 11) is 2.91. The van der Waals surface area contributed by atoms with Gasteiger partial charge in [-0.1, -0.05) is 0 Å². The summed E-state index contributed by atoms with van der Waals surface area (Å²) in [6, 6.07) is 7.33. The summed E-state index contributed by atoms with van der Waals surface area (Å²) in [6.07, 6.45) is 1.39. The zero-order valence-corrected chi connectivity index (χ0v) is 14.8. The van der Waals surface area contributed by atoms with Crippen molar-refractivity contribution in [1.29, 1.82) is 0 Å². The van der Waals surface area contributed by atoms with E-state index in [0.29, 0.717) is 5.69 Å². The number of carbonyl (C=O) groups is 1. The number of aryl methyl sites for hydroxylation is 1. The summed E-state index contributed by atoms with van der Waals surface area (Å²) in [5, 5.41) is 2.90. The van der Waals surface area contributed by atoms with Gasteiger partial charge in [0.15, 0.2) is 0 Å². The predicted octanol–water partition coefficient (Wildman–Crippen LogP) is 1.50. The van der Waals surface area contributed by atoms with Crippen LogP contribution in [0.5, 0.6) is 0 Å².